The molecule has 0 amide bonds. The average molecular weight is 428 g/mol. The van der Waals surface area contributed by atoms with Gasteiger partial charge in [0.25, 0.3) is 0 Å². The first kappa shape index (κ1) is 16.4. The van der Waals surface area contributed by atoms with Crippen molar-refractivity contribution in [3.05, 3.63) is 27.1 Å². The van der Waals surface area contributed by atoms with Crippen molar-refractivity contribution in [2.24, 2.45) is 0 Å². The standard InChI is InChI=1S/C12H16Br2N2O3S/c1-15-7-10-8-16(4-5-19-10)20(17,18)12-6-9(13)2-3-11(12)14/h2-3,6,10,15H,4-5,7-8H2,1H3. The van der Waals surface area contributed by atoms with Crippen LogP contribution in [0, 0.1) is 0 Å². The van der Waals surface area contributed by atoms with E-state index in [1.807, 2.05) is 7.05 Å². The summed E-state index contributed by atoms with van der Waals surface area (Å²) in [6, 6.07) is 5.14. The van der Waals surface area contributed by atoms with Gasteiger partial charge in [0.05, 0.1) is 17.6 Å². The fourth-order valence-corrected chi connectivity index (χ4v) is 4.99. The Labute approximate surface area is 136 Å². The summed E-state index contributed by atoms with van der Waals surface area (Å²) >= 11 is 6.62. The fraction of sp³-hybridized carbons (Fsp3) is 0.500. The second-order valence-electron chi connectivity index (χ2n) is 4.49. The summed E-state index contributed by atoms with van der Waals surface area (Å²) in [5, 5.41) is 3.01. The van der Waals surface area contributed by atoms with E-state index >= 15 is 0 Å². The lowest BCUT2D eigenvalue weighted by atomic mass is 10.3. The highest BCUT2D eigenvalue weighted by Gasteiger charge is 2.31. The quantitative estimate of drug-likeness (QED) is 0.796. The van der Waals surface area contributed by atoms with Crippen molar-refractivity contribution in [1.82, 2.24) is 9.62 Å². The van der Waals surface area contributed by atoms with Crippen LogP contribution in [-0.4, -0.2) is 52.1 Å². The normalized spacial score (nSPS) is 21.1. The third-order valence-electron chi connectivity index (χ3n) is 3.04. The Morgan fingerprint density at radius 2 is 2.20 bits per heavy atom. The third kappa shape index (κ3) is 3.61. The van der Waals surface area contributed by atoms with Crippen LogP contribution in [-0.2, 0) is 14.8 Å². The molecule has 1 unspecified atom stereocenters. The maximum absolute atomic E-state index is 12.7. The highest BCUT2D eigenvalue weighted by molar-refractivity contribution is 9.11. The summed E-state index contributed by atoms with van der Waals surface area (Å²) in [6.07, 6.45) is -0.116. The van der Waals surface area contributed by atoms with E-state index in [2.05, 4.69) is 37.2 Å². The predicted octanol–water partition coefficient (Wildman–Crippen LogP) is 1.82. The molecule has 1 aliphatic rings. The SMILES string of the molecule is CNCC1CN(S(=O)(=O)c2cc(Br)ccc2Br)CCO1. The van der Waals surface area contributed by atoms with Gasteiger partial charge in [-0.05, 0) is 41.2 Å². The van der Waals surface area contributed by atoms with Crippen LogP contribution in [0.5, 0.6) is 0 Å². The van der Waals surface area contributed by atoms with Gasteiger partial charge in [-0.15, -0.1) is 0 Å². The maximum atomic E-state index is 12.7. The van der Waals surface area contributed by atoms with Crippen LogP contribution in [0.3, 0.4) is 0 Å². The lowest BCUT2D eigenvalue weighted by molar-refractivity contribution is 0.000812. The van der Waals surface area contributed by atoms with E-state index < -0.39 is 10.0 Å². The van der Waals surface area contributed by atoms with Gasteiger partial charge in [0, 0.05) is 28.6 Å². The van der Waals surface area contributed by atoms with Crippen LogP contribution in [0.4, 0.5) is 0 Å². The van der Waals surface area contributed by atoms with Crippen LogP contribution < -0.4 is 5.32 Å². The summed E-state index contributed by atoms with van der Waals surface area (Å²) in [4.78, 5) is 0.275. The number of likely N-dealkylation sites (N-methyl/N-ethyl adjacent to an activating group) is 1. The molecule has 20 heavy (non-hydrogen) atoms. The smallest absolute Gasteiger partial charge is 0.244 e. The van der Waals surface area contributed by atoms with Gasteiger partial charge in [-0.25, -0.2) is 8.42 Å². The Balaban J connectivity index is 2.27. The van der Waals surface area contributed by atoms with Crippen molar-refractivity contribution in [3.8, 4) is 0 Å². The minimum absolute atomic E-state index is 0.116. The molecule has 1 atom stereocenters. The molecule has 8 heteroatoms. The highest BCUT2D eigenvalue weighted by Crippen LogP contribution is 2.29. The first-order valence-electron chi connectivity index (χ1n) is 6.16. The lowest BCUT2D eigenvalue weighted by Gasteiger charge is -2.32. The number of nitrogens with zero attached hydrogens (tertiary/aromatic N) is 1. The lowest BCUT2D eigenvalue weighted by Crippen LogP contribution is -2.48. The third-order valence-corrected chi connectivity index (χ3v) is 6.40. The molecule has 0 aromatic heterocycles. The van der Waals surface area contributed by atoms with Gasteiger partial charge in [0.15, 0.2) is 0 Å². The van der Waals surface area contributed by atoms with Gasteiger partial charge in [-0.3, -0.25) is 0 Å². The Morgan fingerprint density at radius 3 is 2.90 bits per heavy atom. The molecule has 1 fully saturated rings. The van der Waals surface area contributed by atoms with Crippen molar-refractivity contribution in [3.63, 3.8) is 0 Å². The summed E-state index contributed by atoms with van der Waals surface area (Å²) in [7, 11) is -1.70. The van der Waals surface area contributed by atoms with E-state index in [1.165, 1.54) is 4.31 Å². The Morgan fingerprint density at radius 1 is 1.45 bits per heavy atom. The number of morpholine rings is 1. The van der Waals surface area contributed by atoms with Crippen molar-refractivity contribution >= 4 is 41.9 Å². The molecular formula is C12H16Br2N2O3S. The van der Waals surface area contributed by atoms with Crippen LogP contribution >= 0.6 is 31.9 Å². The van der Waals surface area contributed by atoms with Gasteiger partial charge in [0.1, 0.15) is 0 Å². The second-order valence-corrected chi connectivity index (χ2v) is 8.16. The van der Waals surface area contributed by atoms with Gasteiger partial charge in [-0.2, -0.15) is 4.31 Å². The van der Waals surface area contributed by atoms with Gasteiger partial charge < -0.3 is 10.1 Å². The van der Waals surface area contributed by atoms with Crippen LogP contribution in [0.25, 0.3) is 0 Å². The Bertz CT molecular complexity index is 578. The summed E-state index contributed by atoms with van der Waals surface area (Å²) in [5.74, 6) is 0. The molecule has 1 aliphatic heterocycles. The molecule has 1 aromatic rings. The van der Waals surface area contributed by atoms with Gasteiger partial charge in [-0.1, -0.05) is 15.9 Å². The number of ether oxygens (including phenoxy) is 1. The van der Waals surface area contributed by atoms with Crippen molar-refractivity contribution in [2.75, 3.05) is 33.3 Å². The van der Waals surface area contributed by atoms with Crippen LogP contribution in [0.15, 0.2) is 32.0 Å². The first-order valence-corrected chi connectivity index (χ1v) is 9.19. The summed E-state index contributed by atoms with van der Waals surface area (Å²) < 4.78 is 33.7. The monoisotopic (exact) mass is 426 g/mol. The molecule has 1 N–H and O–H groups in total. The molecule has 0 aliphatic carbocycles. The molecule has 1 saturated heterocycles. The van der Waals surface area contributed by atoms with E-state index in [4.69, 9.17) is 4.74 Å². The zero-order valence-corrected chi connectivity index (χ0v) is 15.0. The van der Waals surface area contributed by atoms with E-state index in [1.54, 1.807) is 18.2 Å². The number of hydrogen-bond acceptors (Lipinski definition) is 4. The zero-order chi connectivity index (χ0) is 14.8. The minimum atomic E-state index is -3.52. The number of sulfonamides is 1. The molecule has 1 heterocycles. The van der Waals surface area contributed by atoms with E-state index in [0.717, 1.165) is 4.47 Å². The molecular weight excluding hydrogens is 412 g/mol. The largest absolute Gasteiger partial charge is 0.374 e. The average Bonchev–Trinajstić information content (AvgIpc) is 2.42. The molecule has 112 valence electrons. The summed E-state index contributed by atoms with van der Waals surface area (Å²) in [5.41, 5.74) is 0. The topological polar surface area (TPSA) is 58.6 Å². The molecule has 5 nitrogen and oxygen atoms in total. The number of hydrogen-bond donors (Lipinski definition) is 1. The minimum Gasteiger partial charge on any atom is -0.374 e. The van der Waals surface area contributed by atoms with E-state index in [-0.39, 0.29) is 11.0 Å². The molecule has 2 rings (SSSR count). The fourth-order valence-electron chi connectivity index (χ4n) is 2.08. The molecule has 0 radical (unpaired) electrons. The number of benzene rings is 1. The predicted molar refractivity (Wildman–Crippen MR) is 84.3 cm³/mol. The van der Waals surface area contributed by atoms with Gasteiger partial charge in [0.2, 0.25) is 10.0 Å². The van der Waals surface area contributed by atoms with E-state index in [9.17, 15) is 8.42 Å². The molecule has 0 bridgehead atoms. The van der Waals surface area contributed by atoms with Crippen LogP contribution in [0.2, 0.25) is 0 Å². The molecule has 0 saturated carbocycles. The first-order chi connectivity index (χ1) is 9.45. The maximum Gasteiger partial charge on any atom is 0.244 e. The zero-order valence-electron chi connectivity index (χ0n) is 11.0. The second kappa shape index (κ2) is 6.85. The summed E-state index contributed by atoms with van der Waals surface area (Å²) in [6.45, 7) is 1.78. The Kier molecular flexibility index (Phi) is 5.61. The Hall–Kier alpha value is 0.01000. The number of halogens is 2. The van der Waals surface area contributed by atoms with Crippen molar-refractivity contribution in [1.29, 1.82) is 0 Å². The van der Waals surface area contributed by atoms with Crippen molar-refractivity contribution < 1.29 is 13.2 Å². The molecule has 0 spiro atoms. The number of rotatable bonds is 4. The van der Waals surface area contributed by atoms with E-state index in [0.29, 0.717) is 30.7 Å². The van der Waals surface area contributed by atoms with Crippen LogP contribution in [0.1, 0.15) is 0 Å². The highest BCUT2D eigenvalue weighted by atomic mass is 79.9. The number of nitrogens with one attached hydrogen (secondary N) is 1. The van der Waals surface area contributed by atoms with Gasteiger partial charge >= 0.3 is 0 Å². The van der Waals surface area contributed by atoms with Crippen molar-refractivity contribution in [2.45, 2.75) is 11.0 Å². The molecule has 1 aromatic carbocycles.